The first-order valence-electron chi connectivity index (χ1n) is 6.17. The molecular weight excluding hydrogens is 230 g/mol. The smallest absolute Gasteiger partial charge is 0.254 e. The maximum atomic E-state index is 12.3. The number of phenolic OH excluding ortho intramolecular Hbond substituents is 1. The standard InChI is InChI=1S/C14H17NO3/c1-10(16)9-12-3-2-8-15(12)14(18)11-4-6-13(17)7-5-11/h4-7,12,17H,2-3,8-9H2,1H3. The van der Waals surface area contributed by atoms with Gasteiger partial charge in [0.05, 0.1) is 0 Å². The zero-order valence-electron chi connectivity index (χ0n) is 10.4. The third-order valence-corrected chi connectivity index (χ3v) is 3.28. The number of carbonyl (C=O) groups excluding carboxylic acids is 2. The zero-order chi connectivity index (χ0) is 13.1. The second-order valence-corrected chi connectivity index (χ2v) is 4.75. The maximum Gasteiger partial charge on any atom is 0.254 e. The lowest BCUT2D eigenvalue weighted by Gasteiger charge is -2.24. The van der Waals surface area contributed by atoms with E-state index >= 15 is 0 Å². The largest absolute Gasteiger partial charge is 0.508 e. The summed E-state index contributed by atoms with van der Waals surface area (Å²) in [5.74, 6) is 0.206. The summed E-state index contributed by atoms with van der Waals surface area (Å²) in [6, 6.07) is 6.26. The number of rotatable bonds is 3. The van der Waals surface area contributed by atoms with Gasteiger partial charge in [0.15, 0.2) is 0 Å². The number of hydrogen-bond acceptors (Lipinski definition) is 3. The number of aromatic hydroxyl groups is 1. The molecule has 18 heavy (non-hydrogen) atoms. The van der Waals surface area contributed by atoms with Crippen molar-refractivity contribution in [2.45, 2.75) is 32.2 Å². The van der Waals surface area contributed by atoms with Crippen molar-refractivity contribution in [2.24, 2.45) is 0 Å². The van der Waals surface area contributed by atoms with Gasteiger partial charge in [-0.05, 0) is 44.0 Å². The van der Waals surface area contributed by atoms with E-state index in [-0.39, 0.29) is 23.5 Å². The Hall–Kier alpha value is -1.84. The van der Waals surface area contributed by atoms with Crippen LogP contribution < -0.4 is 0 Å². The molecule has 0 radical (unpaired) electrons. The van der Waals surface area contributed by atoms with E-state index in [1.807, 2.05) is 0 Å². The van der Waals surface area contributed by atoms with E-state index in [4.69, 9.17) is 0 Å². The number of benzene rings is 1. The number of nitrogens with zero attached hydrogens (tertiary/aromatic N) is 1. The number of likely N-dealkylation sites (tertiary alicyclic amines) is 1. The summed E-state index contributed by atoms with van der Waals surface area (Å²) in [7, 11) is 0. The molecule has 1 fully saturated rings. The molecule has 1 amide bonds. The van der Waals surface area contributed by atoms with Crippen LogP contribution in [0.3, 0.4) is 0 Å². The molecule has 1 N–H and O–H groups in total. The summed E-state index contributed by atoms with van der Waals surface area (Å²) < 4.78 is 0. The Labute approximate surface area is 106 Å². The Morgan fingerprint density at radius 3 is 2.61 bits per heavy atom. The summed E-state index contributed by atoms with van der Waals surface area (Å²) in [5.41, 5.74) is 0.559. The first-order chi connectivity index (χ1) is 8.58. The average Bonchev–Trinajstić information content (AvgIpc) is 2.76. The van der Waals surface area contributed by atoms with Crippen molar-refractivity contribution in [3.05, 3.63) is 29.8 Å². The first-order valence-corrected chi connectivity index (χ1v) is 6.17. The minimum Gasteiger partial charge on any atom is -0.508 e. The minimum atomic E-state index is -0.0567. The molecule has 1 aromatic rings. The van der Waals surface area contributed by atoms with Crippen molar-refractivity contribution >= 4 is 11.7 Å². The van der Waals surface area contributed by atoms with Gasteiger partial charge in [0, 0.05) is 24.6 Å². The Morgan fingerprint density at radius 1 is 1.33 bits per heavy atom. The molecule has 1 heterocycles. The summed E-state index contributed by atoms with van der Waals surface area (Å²) in [5, 5.41) is 9.21. The van der Waals surface area contributed by atoms with Crippen molar-refractivity contribution in [3.8, 4) is 5.75 Å². The van der Waals surface area contributed by atoms with E-state index in [1.165, 1.54) is 12.1 Å². The fourth-order valence-electron chi connectivity index (χ4n) is 2.42. The molecule has 1 aromatic carbocycles. The number of phenols is 1. The lowest BCUT2D eigenvalue weighted by molar-refractivity contribution is -0.117. The molecular formula is C14H17NO3. The van der Waals surface area contributed by atoms with Crippen molar-refractivity contribution in [1.29, 1.82) is 0 Å². The van der Waals surface area contributed by atoms with Gasteiger partial charge >= 0.3 is 0 Å². The highest BCUT2D eigenvalue weighted by molar-refractivity contribution is 5.95. The van der Waals surface area contributed by atoms with E-state index in [9.17, 15) is 14.7 Å². The molecule has 0 aromatic heterocycles. The van der Waals surface area contributed by atoms with Gasteiger partial charge in [-0.15, -0.1) is 0 Å². The van der Waals surface area contributed by atoms with Crippen LogP contribution >= 0.6 is 0 Å². The Bertz CT molecular complexity index is 453. The van der Waals surface area contributed by atoms with Gasteiger partial charge in [-0.25, -0.2) is 0 Å². The van der Waals surface area contributed by atoms with Crippen LogP contribution in [0.5, 0.6) is 5.75 Å². The second kappa shape index (κ2) is 5.21. The summed E-state index contributed by atoms with van der Waals surface area (Å²) in [6.07, 6.45) is 2.27. The SMILES string of the molecule is CC(=O)CC1CCCN1C(=O)c1ccc(O)cc1. The van der Waals surface area contributed by atoms with Gasteiger partial charge in [0.25, 0.3) is 5.91 Å². The topological polar surface area (TPSA) is 57.6 Å². The van der Waals surface area contributed by atoms with E-state index in [0.29, 0.717) is 18.5 Å². The van der Waals surface area contributed by atoms with Gasteiger partial charge in [0.1, 0.15) is 11.5 Å². The Balaban J connectivity index is 2.12. The first kappa shape index (κ1) is 12.6. The van der Waals surface area contributed by atoms with E-state index in [2.05, 4.69) is 0 Å². The predicted octanol–water partition coefficient (Wildman–Crippen LogP) is 1.98. The molecule has 1 atom stereocenters. The molecule has 1 unspecified atom stereocenters. The zero-order valence-corrected chi connectivity index (χ0v) is 10.4. The Kier molecular flexibility index (Phi) is 3.65. The van der Waals surface area contributed by atoms with Crippen molar-refractivity contribution in [3.63, 3.8) is 0 Å². The highest BCUT2D eigenvalue weighted by atomic mass is 16.3. The number of carbonyl (C=O) groups is 2. The van der Waals surface area contributed by atoms with E-state index in [1.54, 1.807) is 24.0 Å². The number of ketones is 1. The summed E-state index contributed by atoms with van der Waals surface area (Å²) in [4.78, 5) is 25.2. The maximum absolute atomic E-state index is 12.3. The average molecular weight is 247 g/mol. The molecule has 0 spiro atoms. The van der Waals surface area contributed by atoms with Crippen molar-refractivity contribution < 1.29 is 14.7 Å². The van der Waals surface area contributed by atoms with Crippen LogP contribution in [-0.4, -0.2) is 34.3 Å². The fourth-order valence-corrected chi connectivity index (χ4v) is 2.42. The lowest BCUT2D eigenvalue weighted by atomic mass is 10.1. The van der Waals surface area contributed by atoms with E-state index < -0.39 is 0 Å². The number of Topliss-reactive ketones (excluding diaryl/α,β-unsaturated/α-hetero) is 1. The summed E-state index contributed by atoms with van der Waals surface area (Å²) >= 11 is 0. The monoisotopic (exact) mass is 247 g/mol. The van der Waals surface area contributed by atoms with Crippen LogP contribution in [0.4, 0.5) is 0 Å². The summed E-state index contributed by atoms with van der Waals surface area (Å²) in [6.45, 7) is 2.26. The quantitative estimate of drug-likeness (QED) is 0.888. The molecule has 1 aliphatic rings. The van der Waals surface area contributed by atoms with Gasteiger partial charge in [-0.2, -0.15) is 0 Å². The van der Waals surface area contributed by atoms with Crippen molar-refractivity contribution in [2.75, 3.05) is 6.54 Å². The van der Waals surface area contributed by atoms with Crippen molar-refractivity contribution in [1.82, 2.24) is 4.90 Å². The minimum absolute atomic E-state index is 0.0313. The molecule has 96 valence electrons. The van der Waals surface area contributed by atoms with Gasteiger partial charge in [-0.3, -0.25) is 9.59 Å². The van der Waals surface area contributed by atoms with Gasteiger partial charge in [0.2, 0.25) is 0 Å². The van der Waals surface area contributed by atoms with Gasteiger partial charge in [-0.1, -0.05) is 0 Å². The molecule has 2 rings (SSSR count). The lowest BCUT2D eigenvalue weighted by Crippen LogP contribution is -2.36. The number of hydrogen-bond donors (Lipinski definition) is 1. The molecule has 0 aliphatic carbocycles. The predicted molar refractivity (Wildman–Crippen MR) is 67.5 cm³/mol. The van der Waals surface area contributed by atoms with Crippen LogP contribution in [0.1, 0.15) is 36.5 Å². The van der Waals surface area contributed by atoms with Gasteiger partial charge < -0.3 is 10.0 Å². The van der Waals surface area contributed by atoms with Crippen LogP contribution in [0.15, 0.2) is 24.3 Å². The van der Waals surface area contributed by atoms with Crippen LogP contribution in [0.2, 0.25) is 0 Å². The van der Waals surface area contributed by atoms with Crippen LogP contribution in [-0.2, 0) is 4.79 Å². The third kappa shape index (κ3) is 2.70. The highest BCUT2D eigenvalue weighted by Gasteiger charge is 2.29. The van der Waals surface area contributed by atoms with Crippen LogP contribution in [0, 0.1) is 0 Å². The van der Waals surface area contributed by atoms with E-state index in [0.717, 1.165) is 12.8 Å². The highest BCUT2D eigenvalue weighted by Crippen LogP contribution is 2.23. The van der Waals surface area contributed by atoms with Crippen LogP contribution in [0.25, 0.3) is 0 Å². The molecule has 4 nitrogen and oxygen atoms in total. The molecule has 1 saturated heterocycles. The molecule has 0 saturated carbocycles. The normalized spacial score (nSPS) is 18.9. The fraction of sp³-hybridized carbons (Fsp3) is 0.429. The molecule has 0 bridgehead atoms. The number of amides is 1. The molecule has 4 heteroatoms. The molecule has 1 aliphatic heterocycles. The second-order valence-electron chi connectivity index (χ2n) is 4.75. The Morgan fingerprint density at radius 2 is 2.00 bits per heavy atom. The third-order valence-electron chi connectivity index (χ3n) is 3.28.